The number of anilines is 5. The summed E-state index contributed by atoms with van der Waals surface area (Å²) in [5.74, 6) is 0. The Labute approximate surface area is 381 Å². The minimum absolute atomic E-state index is 0.135. The average molecular weight is 827 g/mol. The molecule has 0 radical (unpaired) electrons. The molecule has 2 nitrogen and oxygen atoms in total. The molecule has 13 rings (SSSR count). The van der Waals surface area contributed by atoms with Crippen molar-refractivity contribution >= 4 is 46.2 Å². The van der Waals surface area contributed by atoms with Gasteiger partial charge in [0.15, 0.2) is 0 Å². The maximum absolute atomic E-state index is 2.72. The van der Waals surface area contributed by atoms with Crippen LogP contribution in [0.2, 0.25) is 0 Å². The molecule has 0 fully saturated rings. The normalized spacial score (nSPS) is 13.6. The van der Waals surface area contributed by atoms with Crippen LogP contribution in [-0.2, 0) is 5.41 Å². The van der Waals surface area contributed by atoms with Crippen molar-refractivity contribution in [2.24, 2.45) is 0 Å². The van der Waals surface area contributed by atoms with E-state index < -0.39 is 5.41 Å². The van der Waals surface area contributed by atoms with Gasteiger partial charge in [0.25, 0.3) is 0 Å². The Kier molecular flexibility index (Phi) is 8.48. The zero-order valence-electron chi connectivity index (χ0n) is 36.1. The van der Waals surface area contributed by atoms with Crippen molar-refractivity contribution in [3.63, 3.8) is 0 Å². The van der Waals surface area contributed by atoms with E-state index in [0.717, 1.165) is 5.69 Å². The Bertz CT molecular complexity index is 3400. The maximum atomic E-state index is 2.72. The minimum atomic E-state index is -0.579. The summed E-state index contributed by atoms with van der Waals surface area (Å²) in [6.45, 7) is 2.10. The fourth-order valence-electron chi connectivity index (χ4n) is 11.5. The van der Waals surface area contributed by atoms with Gasteiger partial charge < -0.3 is 9.71 Å². The van der Waals surface area contributed by atoms with E-state index in [0.29, 0.717) is 0 Å². The van der Waals surface area contributed by atoms with Crippen LogP contribution in [0.4, 0.5) is 28.4 Å². The van der Waals surface area contributed by atoms with E-state index in [1.54, 1.807) is 0 Å². The van der Waals surface area contributed by atoms with Gasteiger partial charge in [-0.3, -0.25) is 0 Å². The van der Waals surface area contributed by atoms with Crippen LogP contribution < -0.4 is 20.6 Å². The van der Waals surface area contributed by atoms with Gasteiger partial charge in [-0.15, -0.1) is 0 Å². The van der Waals surface area contributed by atoms with Gasteiger partial charge >= 0.3 is 6.85 Å². The summed E-state index contributed by atoms with van der Waals surface area (Å²) in [6.07, 6.45) is 0. The number of para-hydroxylation sites is 2. The fraction of sp³-hybridized carbons (Fsp3) is 0.0323. The Hall–Kier alpha value is -8.14. The van der Waals surface area contributed by atoms with Crippen LogP contribution in [0.1, 0.15) is 27.8 Å². The molecule has 0 spiro atoms. The van der Waals surface area contributed by atoms with E-state index in [1.165, 1.54) is 106 Å². The van der Waals surface area contributed by atoms with Gasteiger partial charge in [-0.2, -0.15) is 0 Å². The first kappa shape index (κ1) is 37.4. The molecule has 10 aromatic rings. The Balaban J connectivity index is 1.16. The van der Waals surface area contributed by atoms with Crippen LogP contribution in [0.15, 0.2) is 243 Å². The van der Waals surface area contributed by atoms with E-state index in [9.17, 15) is 0 Å². The van der Waals surface area contributed by atoms with E-state index >= 15 is 0 Å². The molecular weight excluding hydrogens is 784 g/mol. The summed E-state index contributed by atoms with van der Waals surface area (Å²) in [4.78, 5) is 5.26. The van der Waals surface area contributed by atoms with Crippen molar-refractivity contribution < 1.29 is 0 Å². The first-order valence-electron chi connectivity index (χ1n) is 22.7. The number of rotatable bonds is 6. The third kappa shape index (κ3) is 5.55. The van der Waals surface area contributed by atoms with Crippen LogP contribution >= 0.6 is 0 Å². The number of aryl methyl sites for hydroxylation is 1. The highest BCUT2D eigenvalue weighted by atomic mass is 15.2. The van der Waals surface area contributed by atoms with Crippen molar-refractivity contribution in [2.45, 2.75) is 12.3 Å². The first-order valence-corrected chi connectivity index (χ1v) is 22.7. The first-order chi connectivity index (χ1) is 32.2. The van der Waals surface area contributed by atoms with Crippen molar-refractivity contribution in [3.8, 4) is 44.5 Å². The molecule has 3 heteroatoms. The molecule has 0 saturated heterocycles. The smallest absolute Gasteiger partial charge is 0.333 e. The summed E-state index contributed by atoms with van der Waals surface area (Å²) in [5, 5.41) is 0. The molecule has 0 unspecified atom stereocenters. The van der Waals surface area contributed by atoms with Crippen LogP contribution in [0.5, 0.6) is 0 Å². The van der Waals surface area contributed by atoms with Crippen molar-refractivity contribution in [1.82, 2.24) is 0 Å². The molecule has 3 aliphatic heterocycles. The lowest BCUT2D eigenvalue weighted by atomic mass is 9.42. The summed E-state index contributed by atoms with van der Waals surface area (Å²) < 4.78 is 0. The van der Waals surface area contributed by atoms with Crippen molar-refractivity contribution in [3.05, 3.63) is 270 Å². The van der Waals surface area contributed by atoms with E-state index in [2.05, 4.69) is 259 Å². The van der Waals surface area contributed by atoms with Crippen LogP contribution in [-0.4, -0.2) is 6.85 Å². The molecule has 10 aromatic carbocycles. The van der Waals surface area contributed by atoms with Crippen molar-refractivity contribution in [2.75, 3.05) is 9.71 Å². The van der Waals surface area contributed by atoms with E-state index in [-0.39, 0.29) is 6.85 Å². The molecule has 0 amide bonds. The second-order valence-corrected chi connectivity index (χ2v) is 17.6. The van der Waals surface area contributed by atoms with Gasteiger partial charge in [0.05, 0.1) is 5.41 Å². The monoisotopic (exact) mass is 826 g/mol. The molecule has 0 bridgehead atoms. The predicted molar refractivity (Wildman–Crippen MR) is 273 cm³/mol. The summed E-state index contributed by atoms with van der Waals surface area (Å²) >= 11 is 0. The fourth-order valence-corrected chi connectivity index (χ4v) is 11.5. The number of nitrogens with zero attached hydrogens (tertiary/aromatic N) is 2. The van der Waals surface area contributed by atoms with E-state index in [1.807, 2.05) is 0 Å². The van der Waals surface area contributed by atoms with Gasteiger partial charge in [-0.05, 0) is 121 Å². The summed E-state index contributed by atoms with van der Waals surface area (Å²) in [7, 11) is 0. The van der Waals surface area contributed by atoms with Gasteiger partial charge in [-0.25, -0.2) is 0 Å². The van der Waals surface area contributed by atoms with Gasteiger partial charge in [0, 0.05) is 34.0 Å². The lowest BCUT2D eigenvalue weighted by molar-refractivity contribution is 0.734. The molecule has 65 heavy (non-hydrogen) atoms. The Morgan fingerprint density at radius 1 is 0.369 bits per heavy atom. The molecular formula is C62H43BN2. The van der Waals surface area contributed by atoms with Crippen molar-refractivity contribution in [1.29, 1.82) is 0 Å². The quantitative estimate of drug-likeness (QED) is 0.154. The zero-order chi connectivity index (χ0) is 43.1. The SMILES string of the molecule is Cc1ccccc1-c1cc2c3c(c1)N(c1ccc(-c4ccccc4)cc1)c1ccc(-c4ccccc4)cc1B3N1c3ccccc3C(c3ccccc3)(c3ccccc3)c3cccc-2c31. The highest BCUT2D eigenvalue weighted by Gasteiger charge is 2.53. The number of benzene rings is 10. The number of hydrogen-bond acceptors (Lipinski definition) is 2. The van der Waals surface area contributed by atoms with Crippen LogP contribution in [0, 0.1) is 6.92 Å². The highest BCUT2D eigenvalue weighted by molar-refractivity contribution is 6.93. The average Bonchev–Trinajstić information content (AvgIpc) is 3.38. The zero-order valence-corrected chi connectivity index (χ0v) is 36.1. The lowest BCUT2D eigenvalue weighted by Crippen LogP contribution is -2.63. The Morgan fingerprint density at radius 3 is 1.62 bits per heavy atom. The maximum Gasteiger partial charge on any atom is 0.333 e. The highest BCUT2D eigenvalue weighted by Crippen LogP contribution is 2.60. The van der Waals surface area contributed by atoms with Crippen LogP contribution in [0.3, 0.4) is 0 Å². The molecule has 0 atom stereocenters. The third-order valence-electron chi connectivity index (χ3n) is 14.2. The second-order valence-electron chi connectivity index (χ2n) is 17.6. The summed E-state index contributed by atoms with van der Waals surface area (Å²) in [6, 6.07) is 90.4. The number of hydrogen-bond donors (Lipinski definition) is 0. The molecule has 0 aromatic heterocycles. The molecule has 3 heterocycles. The molecule has 0 aliphatic carbocycles. The topological polar surface area (TPSA) is 6.48 Å². The molecule has 3 aliphatic rings. The van der Waals surface area contributed by atoms with Crippen LogP contribution in [0.25, 0.3) is 44.5 Å². The van der Waals surface area contributed by atoms with Gasteiger partial charge in [-0.1, -0.05) is 206 Å². The lowest BCUT2D eigenvalue weighted by Gasteiger charge is -2.53. The molecule has 0 saturated carbocycles. The van der Waals surface area contributed by atoms with E-state index in [4.69, 9.17) is 0 Å². The largest absolute Gasteiger partial charge is 0.376 e. The van der Waals surface area contributed by atoms with Gasteiger partial charge in [0.1, 0.15) is 0 Å². The summed E-state index contributed by atoms with van der Waals surface area (Å²) in [5.41, 5.74) is 24.2. The molecule has 0 N–H and O–H groups in total. The number of fused-ring (bicyclic) bond motifs is 6. The second kappa shape index (κ2) is 14.7. The molecule has 304 valence electrons. The van der Waals surface area contributed by atoms with Gasteiger partial charge in [0.2, 0.25) is 0 Å². The minimum Gasteiger partial charge on any atom is -0.376 e. The Morgan fingerprint density at radius 2 is 0.923 bits per heavy atom. The predicted octanol–water partition coefficient (Wildman–Crippen LogP) is 14.4. The third-order valence-corrected chi connectivity index (χ3v) is 14.2. The standard InChI is InChI=1S/C62H43BN2/c1-42-19-14-15-28-51(42)47-39-53-52-29-18-31-55-61(52)65(57-32-17-16-30-54(57)62(55,48-24-10-4-11-25-48)49-26-12-5-13-27-49)63-56-40-46(44-22-8-3-9-23-44)35-38-58(56)64(59(41-47)60(53)63)50-36-33-45(34-37-50)43-20-6-2-7-21-43/h2-41H,1H3.